The van der Waals surface area contributed by atoms with Gasteiger partial charge in [-0.15, -0.1) is 5.10 Å². The summed E-state index contributed by atoms with van der Waals surface area (Å²) in [5, 5.41) is 9.84. The molecule has 0 saturated heterocycles. The number of amides is 2. The van der Waals surface area contributed by atoms with E-state index in [9.17, 15) is 9.59 Å². The third-order valence-electron chi connectivity index (χ3n) is 4.65. The Morgan fingerprint density at radius 3 is 2.47 bits per heavy atom. The number of carbonyl (C=O) groups excluding carboxylic acids is 2. The molecule has 0 aliphatic carbocycles. The van der Waals surface area contributed by atoms with E-state index in [-0.39, 0.29) is 23.7 Å². The van der Waals surface area contributed by atoms with E-state index in [1.165, 1.54) is 0 Å². The lowest BCUT2D eigenvalue weighted by Gasteiger charge is -2.21. The summed E-state index contributed by atoms with van der Waals surface area (Å²) in [6.07, 6.45) is 1.56. The van der Waals surface area contributed by atoms with E-state index in [1.54, 1.807) is 23.1 Å². The van der Waals surface area contributed by atoms with Crippen LogP contribution in [0.2, 0.25) is 0 Å². The van der Waals surface area contributed by atoms with Gasteiger partial charge in [-0.3, -0.25) is 14.9 Å². The van der Waals surface area contributed by atoms with E-state index in [4.69, 9.17) is 0 Å². The highest BCUT2D eigenvalue weighted by molar-refractivity contribution is 9.10. The van der Waals surface area contributed by atoms with E-state index >= 15 is 0 Å². The van der Waals surface area contributed by atoms with Crippen molar-refractivity contribution in [2.45, 2.75) is 33.4 Å². The predicted molar refractivity (Wildman–Crippen MR) is 119 cm³/mol. The fourth-order valence-corrected chi connectivity index (χ4v) is 3.24. The largest absolute Gasteiger partial charge is 0.340 e. The van der Waals surface area contributed by atoms with Crippen LogP contribution in [0.3, 0.4) is 0 Å². The Hall–Kier alpha value is -3.00. The third kappa shape index (κ3) is 5.54. The summed E-state index contributed by atoms with van der Waals surface area (Å²) in [4.78, 5) is 29.6. The second-order valence-corrected chi connectivity index (χ2v) is 8.31. The summed E-state index contributed by atoms with van der Waals surface area (Å²) in [6.45, 7) is 6.15. The smallest absolute Gasteiger partial charge is 0.252 e. The minimum atomic E-state index is -0.712. The molecule has 2 amide bonds. The molecule has 1 heterocycles. The van der Waals surface area contributed by atoms with Gasteiger partial charge in [0.05, 0.1) is 6.54 Å². The topological polar surface area (TPSA) is 88.9 Å². The average molecular weight is 470 g/mol. The first kappa shape index (κ1) is 21.7. The van der Waals surface area contributed by atoms with Crippen molar-refractivity contribution in [2.75, 3.05) is 5.32 Å². The molecule has 2 aromatic carbocycles. The summed E-state index contributed by atoms with van der Waals surface area (Å²) in [5.41, 5.74) is 2.46. The monoisotopic (exact) mass is 469 g/mol. The van der Waals surface area contributed by atoms with Gasteiger partial charge in [-0.2, -0.15) is 0 Å². The molecule has 7 nitrogen and oxygen atoms in total. The van der Waals surface area contributed by atoms with Gasteiger partial charge in [0.2, 0.25) is 11.9 Å². The first-order chi connectivity index (χ1) is 14.3. The number of nitrogens with one attached hydrogen (secondary N) is 2. The maximum Gasteiger partial charge on any atom is 0.252 e. The molecule has 0 radical (unpaired) electrons. The van der Waals surface area contributed by atoms with Crippen molar-refractivity contribution in [3.05, 3.63) is 76.0 Å². The third-order valence-corrected chi connectivity index (χ3v) is 5.18. The number of aromatic nitrogens is 3. The van der Waals surface area contributed by atoms with Crippen molar-refractivity contribution in [1.82, 2.24) is 20.1 Å². The Bertz CT molecular complexity index is 1030. The van der Waals surface area contributed by atoms with Crippen LogP contribution >= 0.6 is 15.9 Å². The zero-order valence-electron chi connectivity index (χ0n) is 17.1. The average Bonchev–Trinajstić information content (AvgIpc) is 3.14. The molecule has 0 saturated carbocycles. The van der Waals surface area contributed by atoms with Gasteiger partial charge in [-0.1, -0.05) is 60.1 Å². The maximum atomic E-state index is 12.8. The molecular weight excluding hydrogens is 446 g/mol. The van der Waals surface area contributed by atoms with Crippen molar-refractivity contribution in [1.29, 1.82) is 0 Å². The molecule has 0 spiro atoms. The predicted octanol–water partition coefficient (Wildman–Crippen LogP) is 3.79. The minimum absolute atomic E-state index is 0.109. The van der Waals surface area contributed by atoms with E-state index in [1.807, 2.05) is 57.2 Å². The van der Waals surface area contributed by atoms with Crippen LogP contribution < -0.4 is 10.6 Å². The number of hydrogen-bond acceptors (Lipinski definition) is 4. The van der Waals surface area contributed by atoms with Crippen LogP contribution in [0.25, 0.3) is 0 Å². The molecule has 0 aliphatic rings. The highest BCUT2D eigenvalue weighted by Gasteiger charge is 2.26. The fourth-order valence-electron chi connectivity index (χ4n) is 2.97. The van der Waals surface area contributed by atoms with Gasteiger partial charge in [-0.25, -0.2) is 9.67 Å². The van der Waals surface area contributed by atoms with Gasteiger partial charge >= 0.3 is 0 Å². The van der Waals surface area contributed by atoms with Crippen LogP contribution in [0.5, 0.6) is 0 Å². The minimum Gasteiger partial charge on any atom is -0.340 e. The summed E-state index contributed by atoms with van der Waals surface area (Å²) in [6, 6.07) is 14.4. The molecule has 0 fully saturated rings. The molecule has 156 valence electrons. The number of halogens is 1. The molecule has 3 rings (SSSR count). The van der Waals surface area contributed by atoms with Crippen LogP contribution in [0, 0.1) is 12.8 Å². The van der Waals surface area contributed by atoms with Gasteiger partial charge in [0.25, 0.3) is 5.91 Å². The molecule has 3 aromatic rings. The van der Waals surface area contributed by atoms with Crippen molar-refractivity contribution >= 4 is 33.7 Å². The first-order valence-corrected chi connectivity index (χ1v) is 10.4. The van der Waals surface area contributed by atoms with Crippen molar-refractivity contribution < 1.29 is 9.59 Å². The highest BCUT2D eigenvalue weighted by atomic mass is 79.9. The molecule has 0 aliphatic heterocycles. The Balaban J connectivity index is 1.65. The summed E-state index contributed by atoms with van der Waals surface area (Å²) >= 11 is 3.41. The molecular formula is C22H24BrN5O2. The molecule has 1 aromatic heterocycles. The van der Waals surface area contributed by atoms with Crippen molar-refractivity contribution in [3.63, 3.8) is 0 Å². The van der Waals surface area contributed by atoms with Gasteiger partial charge in [0, 0.05) is 10.0 Å². The van der Waals surface area contributed by atoms with Gasteiger partial charge in [0.15, 0.2) is 0 Å². The van der Waals surface area contributed by atoms with Gasteiger partial charge < -0.3 is 5.32 Å². The SMILES string of the molecule is Cc1ccccc1C(=O)NC(C(=O)Nc1ncn(Cc2ccc(Br)cc2)n1)C(C)C. The normalized spacial score (nSPS) is 11.9. The van der Waals surface area contributed by atoms with E-state index in [0.29, 0.717) is 12.1 Å². The van der Waals surface area contributed by atoms with Crippen molar-refractivity contribution in [2.24, 2.45) is 5.92 Å². The summed E-state index contributed by atoms with van der Waals surface area (Å²) in [5.74, 6) is -0.542. The zero-order valence-corrected chi connectivity index (χ0v) is 18.7. The van der Waals surface area contributed by atoms with E-state index in [0.717, 1.165) is 15.6 Å². The van der Waals surface area contributed by atoms with Crippen LogP contribution in [0.15, 0.2) is 59.3 Å². The Kier molecular flexibility index (Phi) is 6.99. The van der Waals surface area contributed by atoms with Gasteiger partial charge in [-0.05, 0) is 42.2 Å². The Labute approximate surface area is 184 Å². The number of nitrogens with zero attached hydrogens (tertiary/aromatic N) is 3. The molecule has 1 unspecified atom stereocenters. The quantitative estimate of drug-likeness (QED) is 0.550. The lowest BCUT2D eigenvalue weighted by Crippen LogP contribution is -2.47. The van der Waals surface area contributed by atoms with E-state index in [2.05, 4.69) is 36.6 Å². The Morgan fingerprint density at radius 2 is 1.80 bits per heavy atom. The standard InChI is InChI=1S/C22H24BrN5O2/c1-14(2)19(25-20(29)18-7-5-4-6-15(18)3)21(30)26-22-24-13-28(27-22)12-16-8-10-17(23)11-9-16/h4-11,13-14,19H,12H2,1-3H3,(H,25,29)(H,26,27,30). The molecule has 8 heteroatoms. The maximum absolute atomic E-state index is 12.8. The number of anilines is 1. The van der Waals surface area contributed by atoms with Crippen LogP contribution in [0.1, 0.15) is 35.3 Å². The number of aryl methyl sites for hydroxylation is 1. The molecule has 2 N–H and O–H groups in total. The zero-order chi connectivity index (χ0) is 21.7. The van der Waals surface area contributed by atoms with Crippen LogP contribution in [-0.2, 0) is 11.3 Å². The lowest BCUT2D eigenvalue weighted by atomic mass is 10.0. The Morgan fingerprint density at radius 1 is 1.10 bits per heavy atom. The second-order valence-electron chi connectivity index (χ2n) is 7.39. The van der Waals surface area contributed by atoms with Crippen molar-refractivity contribution in [3.8, 4) is 0 Å². The molecule has 30 heavy (non-hydrogen) atoms. The van der Waals surface area contributed by atoms with Crippen LogP contribution in [-0.4, -0.2) is 32.6 Å². The number of benzene rings is 2. The number of rotatable bonds is 7. The molecule has 1 atom stereocenters. The summed E-state index contributed by atoms with van der Waals surface area (Å²) in [7, 11) is 0. The van der Waals surface area contributed by atoms with E-state index < -0.39 is 6.04 Å². The molecule has 0 bridgehead atoms. The number of hydrogen-bond donors (Lipinski definition) is 2. The van der Waals surface area contributed by atoms with Crippen LogP contribution in [0.4, 0.5) is 5.95 Å². The number of carbonyl (C=O) groups is 2. The second kappa shape index (κ2) is 9.67. The van der Waals surface area contributed by atoms with Gasteiger partial charge in [0.1, 0.15) is 12.4 Å². The summed E-state index contributed by atoms with van der Waals surface area (Å²) < 4.78 is 2.65. The lowest BCUT2D eigenvalue weighted by molar-refractivity contribution is -0.118. The highest BCUT2D eigenvalue weighted by Crippen LogP contribution is 2.13. The fraction of sp³-hybridized carbons (Fsp3) is 0.273. The first-order valence-electron chi connectivity index (χ1n) is 9.64.